The number of rotatable bonds is 4. The molecule has 0 aliphatic heterocycles. The van der Waals surface area contributed by atoms with E-state index in [1.54, 1.807) is 5.56 Å². The van der Waals surface area contributed by atoms with Gasteiger partial charge < -0.3 is 4.74 Å². The SMILES string of the molecule is COC(=O)CCC1(c2ccccc2)C2C=c3cc4cc5ccc6cc7cc8cc9cc%10c%11c%12c(c3c3c4c4c5c6c5c7c8c(c9%11)c(c%123)c54)C21C%10. The van der Waals surface area contributed by atoms with Gasteiger partial charge in [0.05, 0.1) is 7.11 Å². The smallest absolute Gasteiger partial charge is 0.305 e. The minimum atomic E-state index is -0.192. The van der Waals surface area contributed by atoms with E-state index >= 15 is 0 Å². The molecule has 13 aromatic carbocycles. The lowest BCUT2D eigenvalue weighted by molar-refractivity contribution is -0.140. The van der Waals surface area contributed by atoms with E-state index in [4.69, 9.17) is 4.74 Å². The topological polar surface area (TPSA) is 26.3 Å². The molecule has 0 aromatic heterocycles. The van der Waals surface area contributed by atoms with Crippen LogP contribution in [0.4, 0.5) is 0 Å². The second kappa shape index (κ2) is 6.60. The third-order valence-electron chi connectivity index (χ3n) is 15.2. The summed E-state index contributed by atoms with van der Waals surface area (Å²) in [5, 5.41) is 33.7. The second-order valence-corrected chi connectivity index (χ2v) is 16.5. The lowest BCUT2D eigenvalue weighted by Gasteiger charge is -2.31. The fraction of sp³-hybridized carbons (Fsp3) is 0.146. The van der Waals surface area contributed by atoms with Crippen LogP contribution >= 0.6 is 0 Å². The van der Waals surface area contributed by atoms with E-state index in [2.05, 4.69) is 84.9 Å². The van der Waals surface area contributed by atoms with Crippen LogP contribution in [0.1, 0.15) is 29.5 Å². The molecule has 3 atom stereocenters. The molecule has 3 aliphatic carbocycles. The first-order valence-electron chi connectivity index (χ1n) is 18.2. The van der Waals surface area contributed by atoms with Crippen molar-refractivity contribution in [1.29, 1.82) is 0 Å². The van der Waals surface area contributed by atoms with Crippen LogP contribution < -0.4 is 5.22 Å². The van der Waals surface area contributed by atoms with Crippen molar-refractivity contribution in [2.75, 3.05) is 7.11 Å². The van der Waals surface area contributed by atoms with Gasteiger partial charge in [0, 0.05) is 17.3 Å². The fourth-order valence-corrected chi connectivity index (χ4v) is 13.9. The summed E-state index contributed by atoms with van der Waals surface area (Å²) in [4.78, 5) is 13.0. The Morgan fingerprint density at radius 1 is 0.600 bits per heavy atom. The molecule has 228 valence electrons. The summed E-state index contributed by atoms with van der Waals surface area (Å²) >= 11 is 0. The van der Waals surface area contributed by atoms with Gasteiger partial charge in [-0.05, 0) is 189 Å². The lowest BCUT2D eigenvalue weighted by Crippen LogP contribution is -2.28. The molecule has 13 aromatic rings. The van der Waals surface area contributed by atoms with Gasteiger partial charge in [0.15, 0.2) is 0 Å². The van der Waals surface area contributed by atoms with E-state index in [1.807, 2.05) is 0 Å². The molecule has 2 nitrogen and oxygen atoms in total. The van der Waals surface area contributed by atoms with Gasteiger partial charge >= 0.3 is 5.97 Å². The fourth-order valence-electron chi connectivity index (χ4n) is 13.9. The van der Waals surface area contributed by atoms with Gasteiger partial charge in [-0.15, -0.1) is 0 Å². The highest BCUT2D eigenvalue weighted by Crippen LogP contribution is 2.79. The van der Waals surface area contributed by atoms with Crippen LogP contribution in [0.3, 0.4) is 0 Å². The zero-order chi connectivity index (χ0) is 31.9. The highest BCUT2D eigenvalue weighted by molar-refractivity contribution is 6.62. The number of hydrogen-bond donors (Lipinski definition) is 0. The van der Waals surface area contributed by atoms with Crippen LogP contribution in [0, 0.1) is 5.92 Å². The molecule has 0 amide bonds. The number of methoxy groups -OCH3 is 1. The zero-order valence-electron chi connectivity index (χ0n) is 27.1. The molecule has 16 rings (SSSR count). The molecule has 1 fully saturated rings. The minimum Gasteiger partial charge on any atom is -0.469 e. The van der Waals surface area contributed by atoms with Crippen LogP contribution in [-0.2, 0) is 26.8 Å². The first-order chi connectivity index (χ1) is 24.6. The van der Waals surface area contributed by atoms with Gasteiger partial charge in [0.1, 0.15) is 0 Å². The van der Waals surface area contributed by atoms with Gasteiger partial charge in [-0.3, -0.25) is 4.79 Å². The zero-order valence-corrected chi connectivity index (χ0v) is 27.1. The van der Waals surface area contributed by atoms with Gasteiger partial charge in [-0.2, -0.15) is 0 Å². The first-order valence-corrected chi connectivity index (χ1v) is 18.2. The van der Waals surface area contributed by atoms with E-state index < -0.39 is 0 Å². The van der Waals surface area contributed by atoms with E-state index in [1.165, 1.54) is 142 Å². The van der Waals surface area contributed by atoms with Gasteiger partial charge in [0.2, 0.25) is 0 Å². The van der Waals surface area contributed by atoms with Crippen molar-refractivity contribution in [3.8, 4) is 0 Å². The average Bonchev–Trinajstić information content (AvgIpc) is 3.67. The third kappa shape index (κ3) is 1.89. The standard InChI is InChI=1S/C48H24O2/c1-50-29(49)9-10-47(27-5-3-2-4-6-27)28-17-25-15-22-12-20-8-7-19-11-21-13-23-14-24-16-26-18-48(28,47)46-37(25)41-35(22)39-31(20)30(19)38-32(21)33(23)40-34(24)36(26)45(46)44(41)43(40)42(38)39/h2-8,11-17,28H,9-10,18H2,1H3. The maximum atomic E-state index is 13.0. The summed E-state index contributed by atoms with van der Waals surface area (Å²) in [5.41, 5.74) is 4.17. The van der Waals surface area contributed by atoms with Crippen molar-refractivity contribution >= 4 is 131 Å². The molecular weight excluding hydrogens is 609 g/mol. The summed E-state index contributed by atoms with van der Waals surface area (Å²) in [6.45, 7) is 0. The summed E-state index contributed by atoms with van der Waals surface area (Å²) in [6, 6.07) is 31.1. The maximum absolute atomic E-state index is 13.0. The molecule has 50 heavy (non-hydrogen) atoms. The molecule has 3 aliphatic rings. The van der Waals surface area contributed by atoms with Crippen LogP contribution in [-0.4, -0.2) is 13.1 Å². The summed E-state index contributed by atoms with van der Waals surface area (Å²) in [5.74, 6) is 0.188. The molecule has 2 heteroatoms. The van der Waals surface area contributed by atoms with E-state index in [-0.39, 0.29) is 16.8 Å². The molecule has 0 N–H and O–H groups in total. The third-order valence-corrected chi connectivity index (χ3v) is 15.2. The number of benzene rings is 9. The van der Waals surface area contributed by atoms with Crippen molar-refractivity contribution in [2.24, 2.45) is 5.92 Å². The Hall–Kier alpha value is -5.73. The van der Waals surface area contributed by atoms with Crippen molar-refractivity contribution in [1.82, 2.24) is 0 Å². The second-order valence-electron chi connectivity index (χ2n) is 16.5. The number of esters is 1. The van der Waals surface area contributed by atoms with E-state index in [0.717, 1.165) is 12.8 Å². The first kappa shape index (κ1) is 23.6. The maximum Gasteiger partial charge on any atom is 0.305 e. The van der Waals surface area contributed by atoms with E-state index in [0.29, 0.717) is 12.3 Å². The normalized spacial score (nSPS) is 23.2. The molecule has 1 saturated carbocycles. The molecule has 1 spiro atoms. The quantitative estimate of drug-likeness (QED) is 0.110. The van der Waals surface area contributed by atoms with Gasteiger partial charge in [-0.1, -0.05) is 54.6 Å². The highest BCUT2D eigenvalue weighted by Gasteiger charge is 2.78. The molecule has 0 heterocycles. The van der Waals surface area contributed by atoms with Gasteiger partial charge in [-0.25, -0.2) is 0 Å². The largest absolute Gasteiger partial charge is 0.469 e. The Bertz CT molecular complexity index is 3740. The van der Waals surface area contributed by atoms with Crippen molar-refractivity contribution in [3.63, 3.8) is 0 Å². The van der Waals surface area contributed by atoms with Crippen LogP contribution in [0.25, 0.3) is 125 Å². The number of carbonyl (C=O) groups is 1. The molecule has 3 unspecified atom stereocenters. The van der Waals surface area contributed by atoms with Crippen molar-refractivity contribution in [3.05, 3.63) is 101 Å². The van der Waals surface area contributed by atoms with Crippen molar-refractivity contribution < 1.29 is 9.53 Å². The Morgan fingerprint density at radius 2 is 1.14 bits per heavy atom. The molecule has 0 bridgehead atoms. The number of ether oxygens (including phenoxy) is 1. The molecule has 0 radical (unpaired) electrons. The predicted octanol–water partition coefficient (Wildman–Crippen LogP) is 10.7. The Balaban J connectivity index is 1.24. The Labute approximate surface area is 283 Å². The van der Waals surface area contributed by atoms with Crippen LogP contribution in [0.5, 0.6) is 0 Å². The van der Waals surface area contributed by atoms with E-state index in [9.17, 15) is 4.79 Å². The van der Waals surface area contributed by atoms with Crippen LogP contribution in [0.2, 0.25) is 0 Å². The Kier molecular flexibility index (Phi) is 3.11. The van der Waals surface area contributed by atoms with Gasteiger partial charge in [0.25, 0.3) is 0 Å². The minimum absolute atomic E-state index is 0.108. The highest BCUT2D eigenvalue weighted by atomic mass is 16.5. The molecule has 0 saturated heterocycles. The van der Waals surface area contributed by atoms with Crippen molar-refractivity contribution in [2.45, 2.75) is 30.1 Å². The average molecular weight is 633 g/mol. The monoisotopic (exact) mass is 632 g/mol. The number of hydrogen-bond acceptors (Lipinski definition) is 2. The predicted molar refractivity (Wildman–Crippen MR) is 206 cm³/mol. The summed E-state index contributed by atoms with van der Waals surface area (Å²) in [6.07, 6.45) is 4.87. The lowest BCUT2D eigenvalue weighted by atomic mass is 9.71. The summed E-state index contributed by atoms with van der Waals surface area (Å²) in [7, 11) is 1.53. The van der Waals surface area contributed by atoms with Crippen LogP contribution in [0.15, 0.2) is 78.9 Å². The number of carbonyl (C=O) groups excluding carboxylic acids is 1. The Morgan fingerprint density at radius 3 is 1.84 bits per heavy atom. The molecular formula is C48H24O2. The summed E-state index contributed by atoms with van der Waals surface area (Å²) < 4.78 is 5.31.